The molecule has 2 aromatic carbocycles. The number of amides is 2. The van der Waals surface area contributed by atoms with Crippen molar-refractivity contribution < 1.29 is 22.7 Å². The number of methoxy groups -OCH3 is 1. The molecule has 2 aromatic rings. The number of anilines is 1. The van der Waals surface area contributed by atoms with Crippen LogP contribution in [0.4, 0.5) is 5.69 Å². The highest BCUT2D eigenvalue weighted by Gasteiger charge is 2.34. The topological polar surface area (TPSA) is 99.3 Å². The van der Waals surface area contributed by atoms with Crippen molar-refractivity contribution >= 4 is 39.1 Å². The van der Waals surface area contributed by atoms with Gasteiger partial charge in [-0.15, -0.1) is 0 Å². The van der Waals surface area contributed by atoms with Crippen molar-refractivity contribution in [1.29, 1.82) is 0 Å². The van der Waals surface area contributed by atoms with Crippen LogP contribution in [0.3, 0.4) is 0 Å². The molecule has 2 heterocycles. The molecule has 0 aliphatic carbocycles. The monoisotopic (exact) mass is 504 g/mol. The third-order valence-corrected chi connectivity index (χ3v) is 7.88. The first-order chi connectivity index (χ1) is 16.2. The Kier molecular flexibility index (Phi) is 6.83. The molecule has 0 bridgehead atoms. The Bertz CT molecular complexity index is 1260. The van der Waals surface area contributed by atoms with Crippen LogP contribution in [0.15, 0.2) is 59.1 Å². The van der Waals surface area contributed by atoms with E-state index in [2.05, 4.69) is 5.43 Å². The molecule has 34 heavy (non-hydrogen) atoms. The minimum atomic E-state index is -3.85. The van der Waals surface area contributed by atoms with E-state index in [1.165, 1.54) is 28.6 Å². The van der Waals surface area contributed by atoms with Gasteiger partial charge in [-0.05, 0) is 48.9 Å². The Balaban J connectivity index is 1.45. The smallest absolute Gasteiger partial charge is 0.271 e. The summed E-state index contributed by atoms with van der Waals surface area (Å²) in [5, 5.41) is 1.66. The van der Waals surface area contributed by atoms with Crippen molar-refractivity contribution in [3.63, 3.8) is 0 Å². The van der Waals surface area contributed by atoms with Crippen LogP contribution in [0, 0.1) is 6.92 Å². The number of rotatable bonds is 5. The summed E-state index contributed by atoms with van der Waals surface area (Å²) in [6.07, 6.45) is 1.65. The summed E-state index contributed by atoms with van der Waals surface area (Å²) >= 11 is 6.01. The molecule has 2 amide bonds. The van der Waals surface area contributed by atoms with Gasteiger partial charge in [0.05, 0.1) is 12.8 Å². The maximum Gasteiger partial charge on any atom is 0.271 e. The Morgan fingerprint density at radius 2 is 1.82 bits per heavy atom. The first kappa shape index (κ1) is 24.1. The van der Waals surface area contributed by atoms with Crippen molar-refractivity contribution in [2.75, 3.05) is 38.3 Å². The molecule has 1 N–H and O–H groups in total. The molecule has 9 nitrogen and oxygen atoms in total. The summed E-state index contributed by atoms with van der Waals surface area (Å²) < 4.78 is 32.9. The molecule has 0 aromatic heterocycles. The normalized spacial score (nSPS) is 17.3. The van der Waals surface area contributed by atoms with Gasteiger partial charge < -0.3 is 9.64 Å². The predicted octanol–water partition coefficient (Wildman–Crippen LogP) is 2.32. The molecule has 4 rings (SSSR count). The molecular formula is C23H25ClN4O5S. The minimum absolute atomic E-state index is 0.00811. The second kappa shape index (κ2) is 9.65. The SMILES string of the molecule is COc1ccc(Cl)cc1S(=O)(=O)N1CCN(C(=O)C2=CCC(=O)N(c3cccc(C)c3)N2)CC1. The number of halogens is 1. The second-order valence-corrected chi connectivity index (χ2v) is 10.3. The number of nitrogens with one attached hydrogen (secondary N) is 1. The first-order valence-electron chi connectivity index (χ1n) is 10.7. The second-order valence-electron chi connectivity index (χ2n) is 7.99. The zero-order valence-corrected chi connectivity index (χ0v) is 20.4. The minimum Gasteiger partial charge on any atom is -0.495 e. The van der Waals surface area contributed by atoms with Crippen LogP contribution < -0.4 is 15.2 Å². The van der Waals surface area contributed by atoms with E-state index >= 15 is 0 Å². The molecule has 180 valence electrons. The van der Waals surface area contributed by atoms with E-state index in [0.717, 1.165) is 5.56 Å². The van der Waals surface area contributed by atoms with E-state index in [4.69, 9.17) is 16.3 Å². The molecule has 0 radical (unpaired) electrons. The largest absolute Gasteiger partial charge is 0.495 e. The molecule has 0 unspecified atom stereocenters. The fourth-order valence-electron chi connectivity index (χ4n) is 3.91. The van der Waals surface area contributed by atoms with E-state index in [0.29, 0.717) is 5.69 Å². The van der Waals surface area contributed by atoms with Gasteiger partial charge in [0.1, 0.15) is 16.3 Å². The van der Waals surface area contributed by atoms with Gasteiger partial charge >= 0.3 is 0 Å². The number of hydrogen-bond donors (Lipinski definition) is 1. The lowest BCUT2D eigenvalue weighted by Crippen LogP contribution is -2.54. The van der Waals surface area contributed by atoms with Crippen LogP contribution in [0.25, 0.3) is 0 Å². The summed E-state index contributed by atoms with van der Waals surface area (Å²) in [6.45, 7) is 2.58. The van der Waals surface area contributed by atoms with Gasteiger partial charge in [-0.2, -0.15) is 4.31 Å². The predicted molar refractivity (Wildman–Crippen MR) is 128 cm³/mol. The van der Waals surface area contributed by atoms with Crippen molar-refractivity contribution in [2.45, 2.75) is 18.2 Å². The maximum atomic E-state index is 13.2. The van der Waals surface area contributed by atoms with Gasteiger partial charge in [-0.3, -0.25) is 15.0 Å². The fourth-order valence-corrected chi connectivity index (χ4v) is 5.75. The van der Waals surface area contributed by atoms with Crippen molar-refractivity contribution in [1.82, 2.24) is 14.6 Å². The average Bonchev–Trinajstić information content (AvgIpc) is 2.84. The number of ether oxygens (including phenoxy) is 1. The molecule has 11 heteroatoms. The molecule has 0 spiro atoms. The number of aryl methyl sites for hydroxylation is 1. The summed E-state index contributed by atoms with van der Waals surface area (Å²) in [7, 11) is -2.46. The number of carbonyl (C=O) groups is 2. The van der Waals surface area contributed by atoms with Gasteiger partial charge in [-0.25, -0.2) is 13.4 Å². The quantitative estimate of drug-likeness (QED) is 0.671. The number of piperazine rings is 1. The summed E-state index contributed by atoms with van der Waals surface area (Å²) in [6, 6.07) is 11.8. The lowest BCUT2D eigenvalue weighted by Gasteiger charge is -2.36. The third kappa shape index (κ3) is 4.75. The highest BCUT2D eigenvalue weighted by Crippen LogP contribution is 2.30. The molecular weight excluding hydrogens is 480 g/mol. The van der Waals surface area contributed by atoms with Crippen LogP contribution in [0.1, 0.15) is 12.0 Å². The van der Waals surface area contributed by atoms with Crippen LogP contribution in [0.5, 0.6) is 5.75 Å². The number of hydrogen-bond acceptors (Lipinski definition) is 6. The van der Waals surface area contributed by atoms with Crippen LogP contribution in [-0.2, 0) is 19.6 Å². The van der Waals surface area contributed by atoms with E-state index < -0.39 is 10.0 Å². The number of benzene rings is 2. The van der Waals surface area contributed by atoms with Crippen molar-refractivity contribution in [3.8, 4) is 5.75 Å². The summed E-state index contributed by atoms with van der Waals surface area (Å²) in [4.78, 5) is 27.1. The average molecular weight is 505 g/mol. The molecule has 1 fully saturated rings. The highest BCUT2D eigenvalue weighted by atomic mass is 35.5. The first-order valence-corrected chi connectivity index (χ1v) is 12.5. The Hall–Kier alpha value is -3.08. The summed E-state index contributed by atoms with van der Waals surface area (Å²) in [5.74, 6) is -0.253. The Labute approximate surface area is 203 Å². The van der Waals surface area contributed by atoms with Crippen LogP contribution in [-0.4, -0.2) is 62.7 Å². The molecule has 0 saturated carbocycles. The standard InChI is InChI=1S/C23H25ClN4O5S/c1-16-4-3-5-18(14-16)28-22(29)9-7-19(25-28)23(30)26-10-12-27(13-11-26)34(31,32)21-15-17(24)6-8-20(21)33-2/h3-8,14-15,25H,9-13H2,1-2H3. The van der Waals surface area contributed by atoms with Crippen LogP contribution in [0.2, 0.25) is 5.02 Å². The molecule has 1 saturated heterocycles. The molecule has 2 aliphatic heterocycles. The Morgan fingerprint density at radius 3 is 2.50 bits per heavy atom. The van der Waals surface area contributed by atoms with E-state index in [9.17, 15) is 18.0 Å². The fraction of sp³-hybridized carbons (Fsp3) is 0.304. The van der Waals surface area contributed by atoms with Gasteiger partial charge in [0.25, 0.3) is 5.91 Å². The van der Waals surface area contributed by atoms with E-state index in [-0.39, 0.29) is 65.8 Å². The lowest BCUT2D eigenvalue weighted by molar-refractivity contribution is -0.129. The zero-order chi connectivity index (χ0) is 24.5. The summed E-state index contributed by atoms with van der Waals surface area (Å²) in [5.41, 5.74) is 4.85. The van der Waals surface area contributed by atoms with Crippen LogP contribution >= 0.6 is 11.6 Å². The van der Waals surface area contributed by atoms with Gasteiger partial charge in [0.2, 0.25) is 15.9 Å². The molecule has 0 atom stereocenters. The zero-order valence-electron chi connectivity index (χ0n) is 18.8. The number of hydrazine groups is 1. The third-order valence-electron chi connectivity index (χ3n) is 5.72. The lowest BCUT2D eigenvalue weighted by atomic mass is 10.2. The number of sulfonamides is 1. The van der Waals surface area contributed by atoms with E-state index in [1.54, 1.807) is 23.1 Å². The molecule has 2 aliphatic rings. The Morgan fingerprint density at radius 1 is 1.09 bits per heavy atom. The van der Waals surface area contributed by atoms with Gasteiger partial charge in [0, 0.05) is 37.6 Å². The van der Waals surface area contributed by atoms with Gasteiger partial charge in [-0.1, -0.05) is 23.7 Å². The number of carbonyl (C=O) groups excluding carboxylic acids is 2. The van der Waals surface area contributed by atoms with Gasteiger partial charge in [0.15, 0.2) is 0 Å². The highest BCUT2D eigenvalue weighted by molar-refractivity contribution is 7.89. The maximum absolute atomic E-state index is 13.2. The van der Waals surface area contributed by atoms with Crippen molar-refractivity contribution in [3.05, 3.63) is 64.8 Å². The van der Waals surface area contributed by atoms with Crippen molar-refractivity contribution in [2.24, 2.45) is 0 Å². The van der Waals surface area contributed by atoms with E-state index in [1.807, 2.05) is 25.1 Å². The number of nitrogens with zero attached hydrogens (tertiary/aromatic N) is 3.